The van der Waals surface area contributed by atoms with Gasteiger partial charge in [0, 0.05) is 12.2 Å². The van der Waals surface area contributed by atoms with Crippen molar-refractivity contribution in [3.63, 3.8) is 0 Å². The highest BCUT2D eigenvalue weighted by atomic mass is 16.5. The van der Waals surface area contributed by atoms with Crippen LogP contribution in [0.25, 0.3) is 0 Å². The summed E-state index contributed by atoms with van der Waals surface area (Å²) in [6.07, 6.45) is 0.215. The van der Waals surface area contributed by atoms with Gasteiger partial charge in [0.2, 0.25) is 5.91 Å². The molecular weight excluding hydrogens is 256 g/mol. The summed E-state index contributed by atoms with van der Waals surface area (Å²) in [7, 11) is 0. The highest BCUT2D eigenvalue weighted by molar-refractivity contribution is 5.95. The number of anilines is 1. The summed E-state index contributed by atoms with van der Waals surface area (Å²) in [5.41, 5.74) is 1.88. The van der Waals surface area contributed by atoms with Crippen LogP contribution in [0.15, 0.2) is 24.3 Å². The first-order chi connectivity index (χ1) is 9.65. The second kappa shape index (κ2) is 7.38. The summed E-state index contributed by atoms with van der Waals surface area (Å²) in [6.45, 7) is 6.40. The first-order valence-corrected chi connectivity index (χ1v) is 6.97. The second-order valence-electron chi connectivity index (χ2n) is 5.13. The summed E-state index contributed by atoms with van der Waals surface area (Å²) in [5, 5.41) is 6.01. The van der Waals surface area contributed by atoms with Gasteiger partial charge in [-0.25, -0.2) is 0 Å². The molecule has 20 heavy (non-hydrogen) atoms. The normalized spacial score (nSPS) is 19.1. The highest BCUT2D eigenvalue weighted by Crippen LogP contribution is 2.12. The molecule has 0 aliphatic carbocycles. The van der Waals surface area contributed by atoms with Gasteiger partial charge in [-0.05, 0) is 31.5 Å². The Bertz CT molecular complexity index is 425. The molecule has 0 bridgehead atoms. The second-order valence-corrected chi connectivity index (χ2v) is 5.13. The van der Waals surface area contributed by atoms with Crippen LogP contribution in [0, 0.1) is 0 Å². The van der Waals surface area contributed by atoms with Crippen molar-refractivity contribution < 1.29 is 14.3 Å². The lowest BCUT2D eigenvalue weighted by Gasteiger charge is -2.22. The molecule has 1 atom stereocenters. The van der Waals surface area contributed by atoms with Crippen LogP contribution in [0.5, 0.6) is 0 Å². The lowest BCUT2D eigenvalue weighted by molar-refractivity contribution is -0.120. The van der Waals surface area contributed by atoms with Gasteiger partial charge in [-0.15, -0.1) is 0 Å². The van der Waals surface area contributed by atoms with Crippen molar-refractivity contribution >= 4 is 11.6 Å². The largest absolute Gasteiger partial charge is 0.378 e. The number of carbonyl (C=O) groups is 1. The van der Waals surface area contributed by atoms with Gasteiger partial charge >= 0.3 is 0 Å². The van der Waals surface area contributed by atoms with Crippen LogP contribution in [-0.2, 0) is 20.9 Å². The number of ether oxygens (including phenoxy) is 2. The number of benzene rings is 1. The van der Waals surface area contributed by atoms with E-state index in [4.69, 9.17) is 9.47 Å². The average molecular weight is 278 g/mol. The van der Waals surface area contributed by atoms with Gasteiger partial charge in [-0.2, -0.15) is 0 Å². The molecule has 1 heterocycles. The van der Waals surface area contributed by atoms with E-state index in [9.17, 15) is 4.79 Å². The molecule has 5 heteroatoms. The molecule has 110 valence electrons. The molecule has 5 nitrogen and oxygen atoms in total. The number of amides is 1. The topological polar surface area (TPSA) is 59.6 Å². The summed E-state index contributed by atoms with van der Waals surface area (Å²) in [6, 6.07) is 7.43. The lowest BCUT2D eigenvalue weighted by atomic mass is 10.2. The van der Waals surface area contributed by atoms with Gasteiger partial charge in [0.15, 0.2) is 0 Å². The van der Waals surface area contributed by atoms with E-state index in [1.807, 2.05) is 38.1 Å². The van der Waals surface area contributed by atoms with Crippen molar-refractivity contribution in [1.29, 1.82) is 0 Å². The maximum absolute atomic E-state index is 12.0. The fourth-order valence-electron chi connectivity index (χ4n) is 1.91. The fourth-order valence-corrected chi connectivity index (χ4v) is 1.91. The van der Waals surface area contributed by atoms with E-state index in [0.717, 1.165) is 11.3 Å². The molecule has 1 unspecified atom stereocenters. The Labute approximate surface area is 119 Å². The molecule has 1 amide bonds. The van der Waals surface area contributed by atoms with Crippen LogP contribution in [0.2, 0.25) is 0 Å². The third-order valence-corrected chi connectivity index (χ3v) is 3.04. The maximum Gasteiger partial charge on any atom is 0.243 e. The Balaban J connectivity index is 1.84. The van der Waals surface area contributed by atoms with Gasteiger partial charge in [0.05, 0.1) is 25.9 Å². The van der Waals surface area contributed by atoms with Crippen molar-refractivity contribution in [2.24, 2.45) is 0 Å². The zero-order valence-corrected chi connectivity index (χ0v) is 12.0. The molecule has 1 fully saturated rings. The van der Waals surface area contributed by atoms with Crippen LogP contribution < -0.4 is 10.6 Å². The van der Waals surface area contributed by atoms with E-state index in [1.165, 1.54) is 0 Å². The minimum Gasteiger partial charge on any atom is -0.378 e. The molecular formula is C15H22N2O3. The van der Waals surface area contributed by atoms with Crippen LogP contribution in [0.4, 0.5) is 5.69 Å². The van der Waals surface area contributed by atoms with Gasteiger partial charge in [0.1, 0.15) is 6.04 Å². The SMILES string of the molecule is CC(C)OCc1ccc(NC(=O)C2COCCN2)cc1. The number of morpholine rings is 1. The molecule has 1 saturated heterocycles. The zero-order valence-electron chi connectivity index (χ0n) is 12.0. The van der Waals surface area contributed by atoms with Crippen LogP contribution in [0.3, 0.4) is 0 Å². The first-order valence-electron chi connectivity index (χ1n) is 6.97. The predicted molar refractivity (Wildman–Crippen MR) is 77.6 cm³/mol. The minimum absolute atomic E-state index is 0.0594. The first kappa shape index (κ1) is 15.0. The van der Waals surface area contributed by atoms with Crippen molar-refractivity contribution in [3.8, 4) is 0 Å². The summed E-state index contributed by atoms with van der Waals surface area (Å²) in [4.78, 5) is 12.0. The van der Waals surface area contributed by atoms with E-state index >= 15 is 0 Å². The van der Waals surface area contributed by atoms with Crippen molar-refractivity contribution in [1.82, 2.24) is 5.32 Å². The minimum atomic E-state index is -0.271. The standard InChI is InChI=1S/C15H22N2O3/c1-11(2)20-9-12-3-5-13(6-4-12)17-15(18)14-10-19-8-7-16-14/h3-6,11,14,16H,7-10H2,1-2H3,(H,17,18). The predicted octanol–water partition coefficient (Wildman–Crippen LogP) is 1.54. The number of hydrogen-bond acceptors (Lipinski definition) is 4. The third kappa shape index (κ3) is 4.59. The molecule has 1 aromatic carbocycles. The quantitative estimate of drug-likeness (QED) is 0.857. The van der Waals surface area contributed by atoms with E-state index in [0.29, 0.717) is 26.4 Å². The van der Waals surface area contributed by atoms with Crippen molar-refractivity contribution in [3.05, 3.63) is 29.8 Å². The Morgan fingerprint density at radius 1 is 1.45 bits per heavy atom. The molecule has 0 aromatic heterocycles. The molecule has 1 aromatic rings. The summed E-state index contributed by atoms with van der Waals surface area (Å²) in [5.74, 6) is -0.0594. The van der Waals surface area contributed by atoms with Crippen molar-refractivity contribution in [2.45, 2.75) is 32.6 Å². The van der Waals surface area contributed by atoms with Crippen LogP contribution in [-0.4, -0.2) is 37.8 Å². The van der Waals surface area contributed by atoms with E-state index in [2.05, 4.69) is 10.6 Å². The average Bonchev–Trinajstić information content (AvgIpc) is 2.47. The van der Waals surface area contributed by atoms with E-state index in [-0.39, 0.29) is 18.1 Å². The Morgan fingerprint density at radius 3 is 2.80 bits per heavy atom. The summed E-state index contributed by atoms with van der Waals surface area (Å²) < 4.78 is 10.8. The highest BCUT2D eigenvalue weighted by Gasteiger charge is 2.20. The number of nitrogens with one attached hydrogen (secondary N) is 2. The van der Waals surface area contributed by atoms with E-state index < -0.39 is 0 Å². The molecule has 0 spiro atoms. The third-order valence-electron chi connectivity index (χ3n) is 3.04. The van der Waals surface area contributed by atoms with Crippen molar-refractivity contribution in [2.75, 3.05) is 25.1 Å². The Kier molecular flexibility index (Phi) is 5.52. The number of rotatable bonds is 5. The smallest absolute Gasteiger partial charge is 0.243 e. The lowest BCUT2D eigenvalue weighted by Crippen LogP contribution is -2.48. The van der Waals surface area contributed by atoms with Crippen LogP contribution >= 0.6 is 0 Å². The summed E-state index contributed by atoms with van der Waals surface area (Å²) >= 11 is 0. The Morgan fingerprint density at radius 2 is 2.20 bits per heavy atom. The maximum atomic E-state index is 12.0. The van der Waals surface area contributed by atoms with Gasteiger partial charge < -0.3 is 20.1 Å². The molecule has 1 aliphatic heterocycles. The van der Waals surface area contributed by atoms with Gasteiger partial charge in [-0.3, -0.25) is 4.79 Å². The molecule has 2 rings (SSSR count). The zero-order chi connectivity index (χ0) is 14.4. The number of carbonyl (C=O) groups excluding carboxylic acids is 1. The molecule has 2 N–H and O–H groups in total. The molecule has 0 radical (unpaired) electrons. The van der Waals surface area contributed by atoms with Gasteiger partial charge in [-0.1, -0.05) is 12.1 Å². The monoisotopic (exact) mass is 278 g/mol. The van der Waals surface area contributed by atoms with Gasteiger partial charge in [0.25, 0.3) is 0 Å². The molecule has 0 saturated carbocycles. The molecule has 1 aliphatic rings. The Hall–Kier alpha value is -1.43. The van der Waals surface area contributed by atoms with Crippen LogP contribution in [0.1, 0.15) is 19.4 Å². The van der Waals surface area contributed by atoms with E-state index in [1.54, 1.807) is 0 Å². The number of hydrogen-bond donors (Lipinski definition) is 2. The fraction of sp³-hybridized carbons (Fsp3) is 0.533.